The molecule has 0 aliphatic heterocycles. The first kappa shape index (κ1) is 10.1. The van der Waals surface area contributed by atoms with Gasteiger partial charge in [0.25, 0.3) is 0 Å². The standard InChI is InChI=1S/C6H9O4P/c1-4-6(7)10-11(8,5-2)9-3/h4-5H,1-2H2,3H3. The molecule has 0 radical (unpaired) electrons. The fourth-order valence-electron chi connectivity index (χ4n) is 0.312. The van der Waals surface area contributed by atoms with Crippen LogP contribution >= 0.6 is 7.60 Å². The van der Waals surface area contributed by atoms with Gasteiger partial charge in [0.1, 0.15) is 0 Å². The van der Waals surface area contributed by atoms with Crippen molar-refractivity contribution in [3.05, 3.63) is 25.1 Å². The van der Waals surface area contributed by atoms with Crippen molar-refractivity contribution in [2.45, 2.75) is 0 Å². The second kappa shape index (κ2) is 4.11. The molecule has 0 aromatic rings. The fraction of sp³-hybridized carbons (Fsp3) is 0.167. The molecule has 0 bridgehead atoms. The lowest BCUT2D eigenvalue weighted by Crippen LogP contribution is -1.97. The van der Waals surface area contributed by atoms with Crippen LogP contribution in [0.2, 0.25) is 0 Å². The zero-order valence-corrected chi connectivity index (χ0v) is 7.04. The van der Waals surface area contributed by atoms with Crippen LogP contribution in [0.25, 0.3) is 0 Å². The van der Waals surface area contributed by atoms with Crippen LogP contribution in [0.5, 0.6) is 0 Å². The molecule has 0 fully saturated rings. The predicted octanol–water partition coefficient (Wildman–Crippen LogP) is 1.70. The topological polar surface area (TPSA) is 52.6 Å². The predicted molar refractivity (Wildman–Crippen MR) is 41.1 cm³/mol. The smallest absolute Gasteiger partial charge is 0.385 e. The summed E-state index contributed by atoms with van der Waals surface area (Å²) >= 11 is 0. The number of rotatable bonds is 4. The van der Waals surface area contributed by atoms with E-state index in [1.165, 1.54) is 7.11 Å². The molecule has 0 spiro atoms. The molecule has 5 heteroatoms. The summed E-state index contributed by atoms with van der Waals surface area (Å²) in [4.78, 5) is 10.5. The van der Waals surface area contributed by atoms with Gasteiger partial charge in [0, 0.05) is 19.0 Å². The van der Waals surface area contributed by atoms with Gasteiger partial charge in [-0.25, -0.2) is 9.36 Å². The number of hydrogen-bond acceptors (Lipinski definition) is 4. The minimum absolute atomic E-state index is 0.796. The highest BCUT2D eigenvalue weighted by Gasteiger charge is 2.20. The largest absolute Gasteiger partial charge is 0.405 e. The van der Waals surface area contributed by atoms with Crippen LogP contribution in [-0.4, -0.2) is 13.1 Å². The third-order valence-electron chi connectivity index (χ3n) is 0.862. The maximum atomic E-state index is 11.1. The summed E-state index contributed by atoms with van der Waals surface area (Å²) < 4.78 is 19.8. The Hall–Kier alpha value is -0.860. The van der Waals surface area contributed by atoms with E-state index < -0.39 is 13.6 Å². The lowest BCUT2D eigenvalue weighted by molar-refractivity contribution is -0.129. The van der Waals surface area contributed by atoms with Crippen molar-refractivity contribution in [3.8, 4) is 0 Å². The van der Waals surface area contributed by atoms with Crippen molar-refractivity contribution in [1.29, 1.82) is 0 Å². The molecule has 0 rings (SSSR count). The number of hydrogen-bond donors (Lipinski definition) is 0. The van der Waals surface area contributed by atoms with Gasteiger partial charge in [-0.15, -0.1) is 0 Å². The van der Waals surface area contributed by atoms with Crippen molar-refractivity contribution in [1.82, 2.24) is 0 Å². The maximum absolute atomic E-state index is 11.1. The zero-order chi connectivity index (χ0) is 8.91. The average Bonchev–Trinajstić information content (AvgIpc) is 2.04. The lowest BCUT2D eigenvalue weighted by Gasteiger charge is -2.08. The van der Waals surface area contributed by atoms with Gasteiger partial charge in [-0.2, -0.15) is 0 Å². The maximum Gasteiger partial charge on any atom is 0.405 e. The summed E-state index contributed by atoms with van der Waals surface area (Å²) in [5.74, 6) is 0.157. The quantitative estimate of drug-likeness (QED) is 0.483. The van der Waals surface area contributed by atoms with Crippen LogP contribution in [0.15, 0.2) is 25.1 Å². The van der Waals surface area contributed by atoms with Gasteiger partial charge in [-0.1, -0.05) is 13.2 Å². The highest BCUT2D eigenvalue weighted by Crippen LogP contribution is 2.48. The zero-order valence-electron chi connectivity index (χ0n) is 6.15. The first-order valence-electron chi connectivity index (χ1n) is 2.73. The van der Waals surface area contributed by atoms with Gasteiger partial charge < -0.3 is 9.05 Å². The Morgan fingerprint density at radius 3 is 2.36 bits per heavy atom. The molecule has 62 valence electrons. The van der Waals surface area contributed by atoms with Gasteiger partial charge in [0.05, 0.1) is 0 Å². The molecule has 0 saturated carbocycles. The third-order valence-corrected chi connectivity index (χ3v) is 2.25. The average molecular weight is 176 g/mol. The molecule has 11 heavy (non-hydrogen) atoms. The van der Waals surface area contributed by atoms with Gasteiger partial charge in [-0.3, -0.25) is 0 Å². The second-order valence-electron chi connectivity index (χ2n) is 1.52. The molecule has 0 heterocycles. The second-order valence-corrected chi connectivity index (χ2v) is 3.51. The molecule has 0 saturated heterocycles. The Morgan fingerprint density at radius 1 is 1.55 bits per heavy atom. The first-order valence-corrected chi connectivity index (χ1v) is 4.34. The van der Waals surface area contributed by atoms with Gasteiger partial charge in [0.2, 0.25) is 0 Å². The molecule has 0 N–H and O–H groups in total. The van der Waals surface area contributed by atoms with E-state index in [0.717, 1.165) is 11.9 Å². The summed E-state index contributed by atoms with van der Waals surface area (Å²) in [7, 11) is -2.25. The Morgan fingerprint density at radius 2 is 2.09 bits per heavy atom. The minimum Gasteiger partial charge on any atom is -0.385 e. The molecule has 0 aliphatic rings. The Balaban J connectivity index is 4.31. The summed E-state index contributed by atoms with van der Waals surface area (Å²) in [5.41, 5.74) is 0. The van der Waals surface area contributed by atoms with Crippen LogP contribution in [0.1, 0.15) is 0 Å². The van der Waals surface area contributed by atoms with E-state index in [0.29, 0.717) is 0 Å². The van der Waals surface area contributed by atoms with Crippen LogP contribution in [-0.2, 0) is 18.4 Å². The highest BCUT2D eigenvalue weighted by atomic mass is 31.2. The number of carbonyl (C=O) groups is 1. The SMILES string of the molecule is C=CC(=O)OP(=O)(C=C)OC. The molecule has 0 aliphatic carbocycles. The van der Waals surface area contributed by atoms with Crippen LogP contribution in [0, 0.1) is 0 Å². The summed E-state index contributed by atoms with van der Waals surface area (Å²) in [6.45, 7) is 6.32. The van der Waals surface area contributed by atoms with Crippen molar-refractivity contribution < 1.29 is 18.4 Å². The van der Waals surface area contributed by atoms with Crippen molar-refractivity contribution in [3.63, 3.8) is 0 Å². The van der Waals surface area contributed by atoms with E-state index in [1.54, 1.807) is 0 Å². The molecular weight excluding hydrogens is 167 g/mol. The molecule has 1 atom stereocenters. The summed E-state index contributed by atoms with van der Waals surface area (Å²) in [5, 5.41) is 0. The first-order chi connectivity index (χ1) is 5.08. The van der Waals surface area contributed by atoms with Crippen molar-refractivity contribution in [2.24, 2.45) is 0 Å². The van der Waals surface area contributed by atoms with Crippen LogP contribution in [0.4, 0.5) is 0 Å². The van der Waals surface area contributed by atoms with Crippen molar-refractivity contribution in [2.75, 3.05) is 7.11 Å². The number of carbonyl (C=O) groups excluding carboxylic acids is 1. The van der Waals surface area contributed by atoms with E-state index >= 15 is 0 Å². The molecule has 0 amide bonds. The van der Waals surface area contributed by atoms with Crippen LogP contribution < -0.4 is 0 Å². The molecule has 4 nitrogen and oxygen atoms in total. The van der Waals surface area contributed by atoms with Crippen molar-refractivity contribution >= 4 is 13.6 Å². The van der Waals surface area contributed by atoms with Gasteiger partial charge in [-0.05, 0) is 0 Å². The van der Waals surface area contributed by atoms with E-state index in [4.69, 9.17) is 0 Å². The molecule has 0 aromatic heterocycles. The normalized spacial score (nSPS) is 14.6. The summed E-state index contributed by atoms with van der Waals surface area (Å²) in [6.07, 6.45) is 0.898. The third kappa shape index (κ3) is 3.16. The molecule has 1 unspecified atom stereocenters. The highest BCUT2D eigenvalue weighted by molar-refractivity contribution is 7.57. The lowest BCUT2D eigenvalue weighted by atomic mass is 10.7. The summed E-state index contributed by atoms with van der Waals surface area (Å²) in [6, 6.07) is 0. The molecule has 0 aromatic carbocycles. The van der Waals surface area contributed by atoms with Gasteiger partial charge in [0.15, 0.2) is 0 Å². The Labute approximate surface area is 65.0 Å². The molecular formula is C6H9O4P. The Kier molecular flexibility index (Phi) is 3.79. The fourth-order valence-corrected chi connectivity index (χ4v) is 0.935. The van der Waals surface area contributed by atoms with E-state index in [-0.39, 0.29) is 0 Å². The van der Waals surface area contributed by atoms with Gasteiger partial charge >= 0.3 is 13.6 Å². The van der Waals surface area contributed by atoms with Crippen LogP contribution in [0.3, 0.4) is 0 Å². The van der Waals surface area contributed by atoms with E-state index in [2.05, 4.69) is 22.2 Å². The Bertz CT molecular complexity index is 221. The monoisotopic (exact) mass is 176 g/mol. The minimum atomic E-state index is -3.41. The van der Waals surface area contributed by atoms with E-state index in [9.17, 15) is 9.36 Å². The van der Waals surface area contributed by atoms with E-state index in [1.807, 2.05) is 0 Å².